The van der Waals surface area contributed by atoms with Gasteiger partial charge in [0, 0.05) is 36.0 Å². The predicted octanol–water partition coefficient (Wildman–Crippen LogP) is 1.63. The van der Waals surface area contributed by atoms with Gasteiger partial charge in [-0.25, -0.2) is 9.97 Å². The van der Waals surface area contributed by atoms with E-state index in [0.29, 0.717) is 12.8 Å². The number of aliphatic hydroxyl groups is 2. The van der Waals surface area contributed by atoms with E-state index in [0.717, 1.165) is 10.0 Å². The fourth-order valence-electron chi connectivity index (χ4n) is 2.71. The fourth-order valence-corrected chi connectivity index (χ4v) is 4.05. The van der Waals surface area contributed by atoms with Gasteiger partial charge in [-0.3, -0.25) is 0 Å². The molecule has 0 saturated carbocycles. The topological polar surface area (TPSA) is 84.7 Å². The van der Waals surface area contributed by atoms with Crippen molar-refractivity contribution in [3.63, 3.8) is 0 Å². The van der Waals surface area contributed by atoms with Crippen molar-refractivity contribution < 1.29 is 19.7 Å². The quantitative estimate of drug-likeness (QED) is 0.818. The Bertz CT molecular complexity index is 551. The van der Waals surface area contributed by atoms with Crippen LogP contribution in [0.5, 0.6) is 0 Å². The summed E-state index contributed by atoms with van der Waals surface area (Å²) < 4.78 is 11.7. The molecule has 2 aromatic rings. The number of hydrogen-bond acceptors (Lipinski definition) is 8. The van der Waals surface area contributed by atoms with E-state index < -0.39 is 30.2 Å². The molecule has 1 fully saturated rings. The van der Waals surface area contributed by atoms with E-state index >= 15 is 0 Å². The Hall–Kier alpha value is -0.900. The van der Waals surface area contributed by atoms with Gasteiger partial charge in [0.2, 0.25) is 0 Å². The maximum Gasteiger partial charge on any atom is 0.164 e. The van der Waals surface area contributed by atoms with Crippen LogP contribution in [0, 0.1) is 0 Å². The molecule has 0 amide bonds. The summed E-state index contributed by atoms with van der Waals surface area (Å²) in [6.07, 6.45) is 1.37. The third-order valence-electron chi connectivity index (χ3n) is 3.66. The first-order valence-electron chi connectivity index (χ1n) is 7.43. The summed E-state index contributed by atoms with van der Waals surface area (Å²) in [6.45, 7) is 3.57. The van der Waals surface area contributed by atoms with Crippen LogP contribution in [0.1, 0.15) is 23.9 Å². The second kappa shape index (κ2) is 6.92. The lowest BCUT2D eigenvalue weighted by molar-refractivity contribution is -0.160. The lowest BCUT2D eigenvalue weighted by Gasteiger charge is -2.25. The number of aliphatic hydroxyl groups excluding tert-OH is 2. The summed E-state index contributed by atoms with van der Waals surface area (Å²) in [6, 6.07) is 0. The van der Waals surface area contributed by atoms with Crippen molar-refractivity contribution >= 4 is 22.7 Å². The van der Waals surface area contributed by atoms with E-state index in [9.17, 15) is 10.2 Å². The Morgan fingerprint density at radius 2 is 1.43 bits per heavy atom. The molecule has 0 bridgehead atoms. The van der Waals surface area contributed by atoms with Gasteiger partial charge in [-0.15, -0.1) is 22.7 Å². The SMILES string of the molecule is CC1(C)O[C@@H]([C@@H](O)Cc2nccs2)[C@H]([C@@H](O)Cc2nccs2)O1. The number of nitrogens with zero attached hydrogens (tertiary/aromatic N) is 2. The van der Waals surface area contributed by atoms with Gasteiger partial charge in [0.1, 0.15) is 12.2 Å². The van der Waals surface area contributed by atoms with Gasteiger partial charge in [0.25, 0.3) is 0 Å². The van der Waals surface area contributed by atoms with Gasteiger partial charge >= 0.3 is 0 Å². The van der Waals surface area contributed by atoms with Crippen molar-refractivity contribution in [2.75, 3.05) is 0 Å². The van der Waals surface area contributed by atoms with Crippen LogP contribution in [0.25, 0.3) is 0 Å². The van der Waals surface area contributed by atoms with E-state index in [4.69, 9.17) is 9.47 Å². The number of hydrogen-bond donors (Lipinski definition) is 2. The molecule has 0 radical (unpaired) electrons. The molecule has 0 spiro atoms. The molecule has 3 rings (SSSR count). The molecule has 1 aliphatic rings. The minimum atomic E-state index is -0.844. The van der Waals surface area contributed by atoms with Crippen molar-refractivity contribution in [1.82, 2.24) is 9.97 Å². The van der Waals surface area contributed by atoms with E-state index in [1.807, 2.05) is 10.8 Å². The first kappa shape index (κ1) is 16.9. The minimum absolute atomic E-state index is 0.377. The van der Waals surface area contributed by atoms with Gasteiger partial charge in [0.15, 0.2) is 5.79 Å². The van der Waals surface area contributed by atoms with Gasteiger partial charge in [-0.2, -0.15) is 0 Å². The molecule has 23 heavy (non-hydrogen) atoms. The summed E-state index contributed by atoms with van der Waals surface area (Å²) in [5.74, 6) is -0.844. The van der Waals surface area contributed by atoms with E-state index in [2.05, 4.69) is 9.97 Å². The van der Waals surface area contributed by atoms with Gasteiger partial charge < -0.3 is 19.7 Å². The molecular weight excluding hydrogens is 336 g/mol. The van der Waals surface area contributed by atoms with Crippen LogP contribution in [0.2, 0.25) is 0 Å². The summed E-state index contributed by atoms with van der Waals surface area (Å²) in [4.78, 5) is 8.37. The molecule has 6 nitrogen and oxygen atoms in total. The number of aromatic nitrogens is 2. The molecule has 0 aliphatic carbocycles. The molecule has 0 aromatic carbocycles. The van der Waals surface area contributed by atoms with Crippen molar-refractivity contribution in [3.05, 3.63) is 33.2 Å². The van der Waals surface area contributed by atoms with E-state index in [1.165, 1.54) is 22.7 Å². The van der Waals surface area contributed by atoms with E-state index in [-0.39, 0.29) is 0 Å². The zero-order valence-corrected chi connectivity index (χ0v) is 14.6. The Morgan fingerprint density at radius 3 is 1.78 bits per heavy atom. The van der Waals surface area contributed by atoms with Crippen LogP contribution in [0.15, 0.2) is 23.2 Å². The predicted molar refractivity (Wildman–Crippen MR) is 87.5 cm³/mol. The van der Waals surface area contributed by atoms with Crippen molar-refractivity contribution in [1.29, 1.82) is 0 Å². The van der Waals surface area contributed by atoms with Crippen LogP contribution in [0.3, 0.4) is 0 Å². The molecule has 126 valence electrons. The lowest BCUT2D eigenvalue weighted by Crippen LogP contribution is -2.44. The largest absolute Gasteiger partial charge is 0.390 e. The van der Waals surface area contributed by atoms with Crippen LogP contribution < -0.4 is 0 Å². The first-order chi connectivity index (χ1) is 10.9. The summed E-state index contributed by atoms with van der Waals surface area (Å²) in [7, 11) is 0. The van der Waals surface area contributed by atoms with E-state index in [1.54, 1.807) is 26.2 Å². The normalized spacial score (nSPS) is 26.3. The molecule has 1 aliphatic heterocycles. The molecule has 1 saturated heterocycles. The van der Waals surface area contributed by atoms with Crippen molar-refractivity contribution in [3.8, 4) is 0 Å². The van der Waals surface area contributed by atoms with Crippen LogP contribution >= 0.6 is 22.7 Å². The van der Waals surface area contributed by atoms with Crippen LogP contribution in [-0.4, -0.2) is 50.4 Å². The average molecular weight is 356 g/mol. The van der Waals surface area contributed by atoms with Gasteiger partial charge in [-0.1, -0.05) is 0 Å². The highest BCUT2D eigenvalue weighted by Crippen LogP contribution is 2.33. The third-order valence-corrected chi connectivity index (χ3v) is 5.26. The second-order valence-electron chi connectivity index (χ2n) is 5.96. The summed E-state index contributed by atoms with van der Waals surface area (Å²) in [5, 5.41) is 26.5. The minimum Gasteiger partial charge on any atom is -0.390 e. The van der Waals surface area contributed by atoms with Crippen molar-refractivity contribution in [2.24, 2.45) is 0 Å². The number of thiazole rings is 2. The Kier molecular flexibility index (Phi) is 5.10. The zero-order chi connectivity index (χ0) is 16.4. The van der Waals surface area contributed by atoms with Crippen LogP contribution in [0.4, 0.5) is 0 Å². The number of rotatable bonds is 6. The zero-order valence-electron chi connectivity index (χ0n) is 13.0. The molecular formula is C15H20N2O4S2. The Labute approximate surface area is 142 Å². The molecule has 2 N–H and O–H groups in total. The lowest BCUT2D eigenvalue weighted by atomic mass is 9.99. The third kappa shape index (κ3) is 4.14. The highest BCUT2D eigenvalue weighted by atomic mass is 32.1. The standard InChI is InChI=1S/C15H20N2O4S2/c1-15(2)20-13(9(18)7-11-16-3-5-22-11)14(21-15)10(19)8-12-17-4-6-23-12/h3-6,9-10,13-14,18-19H,7-8H2,1-2H3/t9-,10-,13-,14-/m0/s1. The highest BCUT2D eigenvalue weighted by molar-refractivity contribution is 7.09. The maximum atomic E-state index is 10.5. The second-order valence-corrected chi connectivity index (χ2v) is 7.92. The van der Waals surface area contributed by atoms with Crippen LogP contribution in [-0.2, 0) is 22.3 Å². The molecule has 4 atom stereocenters. The maximum absolute atomic E-state index is 10.5. The van der Waals surface area contributed by atoms with Gasteiger partial charge in [0.05, 0.1) is 22.2 Å². The molecule has 2 aromatic heterocycles. The van der Waals surface area contributed by atoms with Gasteiger partial charge in [-0.05, 0) is 13.8 Å². The smallest absolute Gasteiger partial charge is 0.164 e. The van der Waals surface area contributed by atoms with Crippen molar-refractivity contribution in [2.45, 2.75) is 56.9 Å². The Balaban J connectivity index is 1.70. The highest BCUT2D eigenvalue weighted by Gasteiger charge is 2.48. The molecule has 3 heterocycles. The number of ether oxygens (including phenoxy) is 2. The Morgan fingerprint density at radius 1 is 1.00 bits per heavy atom. The molecule has 0 unspecified atom stereocenters. The summed E-state index contributed by atoms with van der Waals surface area (Å²) in [5.41, 5.74) is 0. The average Bonchev–Trinajstić information content (AvgIpc) is 3.19. The first-order valence-corrected chi connectivity index (χ1v) is 9.19. The fraction of sp³-hybridized carbons (Fsp3) is 0.600. The molecule has 8 heteroatoms. The monoisotopic (exact) mass is 356 g/mol. The summed E-state index contributed by atoms with van der Waals surface area (Å²) >= 11 is 2.97.